The Morgan fingerprint density at radius 2 is 2.00 bits per heavy atom. The van der Waals surface area contributed by atoms with Gasteiger partial charge in [0.2, 0.25) is 0 Å². The Balaban J connectivity index is 2.86. The largest absolute Gasteiger partial charge is 0.502 e. The molecule has 1 heteroatoms. The second-order valence-corrected chi connectivity index (χ2v) is 2.03. The van der Waals surface area contributed by atoms with Gasteiger partial charge < -0.3 is 4.74 Å². The highest BCUT2D eigenvalue weighted by molar-refractivity contribution is 4.71. The molecule has 0 radical (unpaired) electrons. The molecule has 0 saturated carbocycles. The first-order chi connectivity index (χ1) is 4.41. The molecule has 0 spiro atoms. The zero-order valence-electron chi connectivity index (χ0n) is 6.39. The zero-order chi connectivity index (χ0) is 6.95. The van der Waals surface area contributed by atoms with Crippen LogP contribution in [0.3, 0.4) is 0 Å². The van der Waals surface area contributed by atoms with Crippen LogP contribution in [0, 0.1) is 0 Å². The van der Waals surface area contributed by atoms with E-state index in [1.807, 2.05) is 0 Å². The smallest absolute Gasteiger partial charge is 0.0870 e. The fraction of sp³-hybridized carbons (Fsp3) is 0.750. The summed E-state index contributed by atoms with van der Waals surface area (Å²) >= 11 is 0. The van der Waals surface area contributed by atoms with Gasteiger partial charge in [-0.05, 0) is 18.9 Å². The Kier molecular flexibility index (Phi) is 7.15. The van der Waals surface area contributed by atoms with E-state index in [1.54, 1.807) is 6.26 Å². The maximum atomic E-state index is 5.10. The summed E-state index contributed by atoms with van der Waals surface area (Å²) in [7, 11) is 0. The Morgan fingerprint density at radius 1 is 1.22 bits per heavy atom. The zero-order valence-corrected chi connectivity index (χ0v) is 6.39. The van der Waals surface area contributed by atoms with Crippen molar-refractivity contribution in [2.24, 2.45) is 0 Å². The van der Waals surface area contributed by atoms with Gasteiger partial charge in [-0.1, -0.05) is 20.3 Å². The average Bonchev–Trinajstić information content (AvgIpc) is 1.89. The van der Waals surface area contributed by atoms with E-state index in [0.29, 0.717) is 0 Å². The van der Waals surface area contributed by atoms with Crippen molar-refractivity contribution >= 4 is 0 Å². The lowest BCUT2D eigenvalue weighted by Gasteiger charge is -1.93. The molecule has 0 aliphatic rings. The van der Waals surface area contributed by atoms with E-state index in [4.69, 9.17) is 4.74 Å². The van der Waals surface area contributed by atoms with Gasteiger partial charge in [-0.15, -0.1) is 0 Å². The quantitative estimate of drug-likeness (QED) is 0.408. The van der Waals surface area contributed by atoms with Crippen molar-refractivity contribution in [1.82, 2.24) is 0 Å². The van der Waals surface area contributed by atoms with Crippen molar-refractivity contribution in [3.8, 4) is 0 Å². The van der Waals surface area contributed by atoms with Gasteiger partial charge in [-0.25, -0.2) is 0 Å². The third-order valence-corrected chi connectivity index (χ3v) is 0.970. The molecule has 54 valence electrons. The minimum absolute atomic E-state index is 0.847. The monoisotopic (exact) mass is 128 g/mol. The molecule has 0 heterocycles. The first-order valence-corrected chi connectivity index (χ1v) is 3.68. The molecule has 1 nitrogen and oxygen atoms in total. The molecule has 0 amide bonds. The van der Waals surface area contributed by atoms with Gasteiger partial charge >= 0.3 is 0 Å². The van der Waals surface area contributed by atoms with Crippen molar-refractivity contribution in [3.05, 3.63) is 12.3 Å². The molecule has 0 aromatic heterocycles. The number of rotatable bonds is 5. The first-order valence-electron chi connectivity index (χ1n) is 3.68. The van der Waals surface area contributed by atoms with Crippen LogP contribution in [0.15, 0.2) is 12.3 Å². The minimum Gasteiger partial charge on any atom is -0.502 e. The summed E-state index contributed by atoms with van der Waals surface area (Å²) in [5.41, 5.74) is 0. The maximum Gasteiger partial charge on any atom is 0.0870 e. The van der Waals surface area contributed by atoms with Crippen molar-refractivity contribution < 1.29 is 4.74 Å². The molecule has 0 aromatic carbocycles. The molecule has 9 heavy (non-hydrogen) atoms. The van der Waals surface area contributed by atoms with Crippen LogP contribution >= 0.6 is 0 Å². The average molecular weight is 128 g/mol. The molecule has 0 fully saturated rings. The highest BCUT2D eigenvalue weighted by Crippen LogP contribution is 1.89. The van der Waals surface area contributed by atoms with Crippen molar-refractivity contribution in [3.63, 3.8) is 0 Å². The van der Waals surface area contributed by atoms with Crippen LogP contribution in [-0.2, 0) is 4.74 Å². The van der Waals surface area contributed by atoms with Gasteiger partial charge in [0.25, 0.3) is 0 Å². The van der Waals surface area contributed by atoms with Crippen LogP contribution in [0.4, 0.5) is 0 Å². The standard InChI is InChI=1S/C8H16O/c1-3-5-6-8-9-7-4-2/h6,8H,3-5,7H2,1-2H3. The lowest BCUT2D eigenvalue weighted by molar-refractivity contribution is 0.249. The van der Waals surface area contributed by atoms with Crippen LogP contribution in [0.5, 0.6) is 0 Å². The molecule has 0 unspecified atom stereocenters. The lowest BCUT2D eigenvalue weighted by atomic mass is 10.3. The topological polar surface area (TPSA) is 9.23 Å². The molecule has 0 aliphatic heterocycles. The second kappa shape index (κ2) is 7.54. The normalized spacial score (nSPS) is 10.4. The van der Waals surface area contributed by atoms with Gasteiger partial charge in [0, 0.05) is 0 Å². The van der Waals surface area contributed by atoms with E-state index in [1.165, 1.54) is 6.42 Å². The maximum absolute atomic E-state index is 5.10. The lowest BCUT2D eigenvalue weighted by Crippen LogP contribution is -1.81. The second-order valence-electron chi connectivity index (χ2n) is 2.03. The molecule has 0 saturated heterocycles. The molecular weight excluding hydrogens is 112 g/mol. The van der Waals surface area contributed by atoms with Gasteiger partial charge in [-0.3, -0.25) is 0 Å². The van der Waals surface area contributed by atoms with Crippen LogP contribution in [0.2, 0.25) is 0 Å². The Hall–Kier alpha value is -0.460. The SMILES string of the molecule is CCCC=COCCC. The van der Waals surface area contributed by atoms with Crippen molar-refractivity contribution in [2.75, 3.05) is 6.61 Å². The Morgan fingerprint density at radius 3 is 2.56 bits per heavy atom. The molecule has 0 N–H and O–H groups in total. The van der Waals surface area contributed by atoms with Crippen molar-refractivity contribution in [2.45, 2.75) is 33.1 Å². The molecule has 0 atom stereocenters. The molecule has 0 aromatic rings. The summed E-state index contributed by atoms with van der Waals surface area (Å²) < 4.78 is 5.10. The fourth-order valence-corrected chi connectivity index (χ4v) is 0.489. The summed E-state index contributed by atoms with van der Waals surface area (Å²) in [4.78, 5) is 0. The molecule has 0 rings (SSSR count). The van der Waals surface area contributed by atoms with Gasteiger partial charge in [0.1, 0.15) is 0 Å². The summed E-state index contributed by atoms with van der Waals surface area (Å²) in [6.07, 6.45) is 7.29. The van der Waals surface area contributed by atoms with E-state index in [2.05, 4.69) is 19.9 Å². The Labute approximate surface area is 57.7 Å². The Bertz CT molecular complexity index is 67.0. The predicted octanol–water partition coefficient (Wildman–Crippen LogP) is 2.73. The van der Waals surface area contributed by atoms with E-state index < -0.39 is 0 Å². The number of hydrogen-bond donors (Lipinski definition) is 0. The fourth-order valence-electron chi connectivity index (χ4n) is 0.489. The van der Waals surface area contributed by atoms with Gasteiger partial charge in [0.05, 0.1) is 12.9 Å². The van der Waals surface area contributed by atoms with E-state index in [-0.39, 0.29) is 0 Å². The summed E-state index contributed by atoms with van der Waals surface area (Å²) in [5.74, 6) is 0. The first kappa shape index (κ1) is 8.54. The van der Waals surface area contributed by atoms with Crippen LogP contribution in [0.1, 0.15) is 33.1 Å². The van der Waals surface area contributed by atoms with Gasteiger partial charge in [0.15, 0.2) is 0 Å². The van der Waals surface area contributed by atoms with E-state index >= 15 is 0 Å². The van der Waals surface area contributed by atoms with E-state index in [0.717, 1.165) is 19.4 Å². The summed E-state index contributed by atoms with van der Waals surface area (Å²) in [6, 6.07) is 0. The van der Waals surface area contributed by atoms with E-state index in [9.17, 15) is 0 Å². The number of allylic oxidation sites excluding steroid dienone is 1. The number of hydrogen-bond acceptors (Lipinski definition) is 1. The number of ether oxygens (including phenoxy) is 1. The minimum atomic E-state index is 0.847. The number of unbranched alkanes of at least 4 members (excludes halogenated alkanes) is 1. The molecular formula is C8H16O. The van der Waals surface area contributed by atoms with Crippen LogP contribution in [-0.4, -0.2) is 6.61 Å². The highest BCUT2D eigenvalue weighted by atomic mass is 16.5. The predicted molar refractivity (Wildman–Crippen MR) is 40.3 cm³/mol. The summed E-state index contributed by atoms with van der Waals surface area (Å²) in [6.45, 7) is 5.11. The van der Waals surface area contributed by atoms with Crippen molar-refractivity contribution in [1.29, 1.82) is 0 Å². The molecule has 0 bridgehead atoms. The van der Waals surface area contributed by atoms with Gasteiger partial charge in [-0.2, -0.15) is 0 Å². The van der Waals surface area contributed by atoms with Crippen LogP contribution < -0.4 is 0 Å². The van der Waals surface area contributed by atoms with Crippen LogP contribution in [0.25, 0.3) is 0 Å². The highest BCUT2D eigenvalue weighted by Gasteiger charge is 1.74. The third-order valence-electron chi connectivity index (χ3n) is 0.970. The third kappa shape index (κ3) is 7.54. The molecule has 0 aliphatic carbocycles. The summed E-state index contributed by atoms with van der Waals surface area (Å²) in [5, 5.41) is 0.